The topological polar surface area (TPSA) is 99.1 Å². The van der Waals surface area contributed by atoms with Crippen LogP contribution in [0.2, 0.25) is 0 Å². The summed E-state index contributed by atoms with van der Waals surface area (Å²) < 4.78 is 50.4. The van der Waals surface area contributed by atoms with E-state index >= 15 is 0 Å². The van der Waals surface area contributed by atoms with Crippen molar-refractivity contribution in [2.24, 2.45) is 14.1 Å². The van der Waals surface area contributed by atoms with Crippen LogP contribution in [-0.2, 0) is 20.3 Å². The van der Waals surface area contributed by atoms with Gasteiger partial charge in [-0.25, -0.2) is 9.78 Å². The second-order valence-electron chi connectivity index (χ2n) is 6.06. The number of benzene rings is 1. The molecular formula is C19H13F3N4O4. The highest BCUT2D eigenvalue weighted by molar-refractivity contribution is 5.41. The third kappa shape index (κ3) is 4.02. The monoisotopic (exact) mass is 418 g/mol. The number of hydrogen-bond acceptors (Lipinski definition) is 6. The first kappa shape index (κ1) is 20.7. The second-order valence-corrected chi connectivity index (χ2v) is 6.06. The Kier molecular flexibility index (Phi) is 5.33. The fraction of sp³-hybridized carbons (Fsp3) is 0.158. The summed E-state index contributed by atoms with van der Waals surface area (Å²) in [6.07, 6.45) is -3.84. The molecule has 0 amide bonds. The van der Waals surface area contributed by atoms with Gasteiger partial charge in [0.1, 0.15) is 17.6 Å². The first-order valence-corrected chi connectivity index (χ1v) is 8.31. The summed E-state index contributed by atoms with van der Waals surface area (Å²) >= 11 is 0. The smallest absolute Gasteiger partial charge is 0.417 e. The maximum absolute atomic E-state index is 12.6. The number of aromatic nitrogens is 3. The average Bonchev–Trinajstić information content (AvgIpc) is 2.72. The summed E-state index contributed by atoms with van der Waals surface area (Å²) in [4.78, 5) is 27.7. The molecule has 0 aliphatic heterocycles. The Hall–Kier alpha value is -4.07. The minimum Gasteiger partial charge on any atom is -0.439 e. The molecule has 0 unspecified atom stereocenters. The van der Waals surface area contributed by atoms with E-state index in [1.165, 1.54) is 38.4 Å². The maximum atomic E-state index is 12.6. The summed E-state index contributed by atoms with van der Waals surface area (Å²) in [6, 6.07) is 9.41. The lowest BCUT2D eigenvalue weighted by atomic mass is 10.3. The van der Waals surface area contributed by atoms with Gasteiger partial charge in [-0.15, -0.1) is 0 Å². The van der Waals surface area contributed by atoms with Crippen LogP contribution in [-0.4, -0.2) is 14.1 Å². The van der Waals surface area contributed by atoms with Crippen molar-refractivity contribution in [3.05, 3.63) is 74.6 Å². The lowest BCUT2D eigenvalue weighted by Crippen LogP contribution is -2.38. The highest BCUT2D eigenvalue weighted by Crippen LogP contribution is 2.30. The van der Waals surface area contributed by atoms with Gasteiger partial charge in [-0.05, 0) is 30.3 Å². The fourth-order valence-corrected chi connectivity index (χ4v) is 2.46. The Morgan fingerprint density at radius 2 is 1.57 bits per heavy atom. The minimum absolute atomic E-state index is 0.0441. The number of rotatable bonds is 4. The SMILES string of the molecule is Cn1c(Oc2ccc(Oc3ccc(C(F)(F)F)cn3)cc2)c(C#N)c(=O)n(C)c1=O. The molecule has 0 radical (unpaired) electrons. The van der Waals surface area contributed by atoms with Crippen molar-refractivity contribution in [3.8, 4) is 29.3 Å². The summed E-state index contributed by atoms with van der Waals surface area (Å²) in [5, 5.41) is 9.24. The molecule has 0 saturated carbocycles. The Morgan fingerprint density at radius 1 is 0.967 bits per heavy atom. The highest BCUT2D eigenvalue weighted by atomic mass is 19.4. The molecule has 1 aromatic carbocycles. The van der Waals surface area contributed by atoms with Crippen molar-refractivity contribution in [2.45, 2.75) is 6.18 Å². The molecule has 0 N–H and O–H groups in total. The van der Waals surface area contributed by atoms with E-state index in [-0.39, 0.29) is 28.8 Å². The Morgan fingerprint density at radius 3 is 2.07 bits per heavy atom. The van der Waals surface area contributed by atoms with E-state index in [0.29, 0.717) is 6.20 Å². The molecule has 2 aromatic heterocycles. The molecule has 0 saturated heterocycles. The van der Waals surface area contributed by atoms with Crippen LogP contribution in [0.15, 0.2) is 52.2 Å². The van der Waals surface area contributed by atoms with Crippen LogP contribution >= 0.6 is 0 Å². The van der Waals surface area contributed by atoms with Crippen LogP contribution in [0.3, 0.4) is 0 Å². The Bertz CT molecular complexity index is 1240. The first-order valence-electron chi connectivity index (χ1n) is 8.31. The van der Waals surface area contributed by atoms with Crippen LogP contribution in [0.1, 0.15) is 11.1 Å². The number of ether oxygens (including phenoxy) is 2. The van der Waals surface area contributed by atoms with E-state index < -0.39 is 23.0 Å². The number of nitriles is 1. The molecule has 2 heterocycles. The lowest BCUT2D eigenvalue weighted by molar-refractivity contribution is -0.137. The second kappa shape index (κ2) is 7.75. The number of alkyl halides is 3. The molecule has 11 heteroatoms. The van der Waals surface area contributed by atoms with Crippen LogP contribution in [0, 0.1) is 11.3 Å². The lowest BCUT2D eigenvalue weighted by Gasteiger charge is -2.13. The molecule has 0 atom stereocenters. The molecule has 0 spiro atoms. The van der Waals surface area contributed by atoms with Gasteiger partial charge in [0.15, 0.2) is 5.56 Å². The van der Waals surface area contributed by atoms with Gasteiger partial charge < -0.3 is 9.47 Å². The predicted molar refractivity (Wildman–Crippen MR) is 97.5 cm³/mol. The average molecular weight is 418 g/mol. The van der Waals surface area contributed by atoms with Crippen molar-refractivity contribution < 1.29 is 22.6 Å². The number of nitrogens with zero attached hydrogens (tertiary/aromatic N) is 4. The van der Waals surface area contributed by atoms with Gasteiger partial charge in [0, 0.05) is 26.4 Å². The normalized spacial score (nSPS) is 11.1. The standard InChI is InChI=1S/C19H13F3N4O4/c1-25-16(27)14(9-23)17(26(2)18(25)28)30-13-6-4-12(5-7-13)29-15-8-3-11(10-24-15)19(20,21)22/h3-8,10H,1-2H3. The summed E-state index contributed by atoms with van der Waals surface area (Å²) in [5.41, 5.74) is -2.69. The van der Waals surface area contributed by atoms with Gasteiger partial charge in [-0.2, -0.15) is 18.4 Å². The molecule has 30 heavy (non-hydrogen) atoms. The Labute approximate surface area is 167 Å². The molecule has 0 bridgehead atoms. The Balaban J connectivity index is 1.82. The molecule has 3 aromatic rings. The number of pyridine rings is 1. The molecule has 0 aliphatic rings. The molecule has 3 rings (SSSR count). The molecule has 154 valence electrons. The number of halogens is 3. The van der Waals surface area contributed by atoms with Crippen molar-refractivity contribution in [2.75, 3.05) is 0 Å². The van der Waals surface area contributed by atoms with E-state index in [1.807, 2.05) is 0 Å². The van der Waals surface area contributed by atoms with Gasteiger partial charge >= 0.3 is 11.9 Å². The van der Waals surface area contributed by atoms with Crippen LogP contribution in [0.4, 0.5) is 13.2 Å². The van der Waals surface area contributed by atoms with Crippen LogP contribution in [0.5, 0.6) is 23.3 Å². The van der Waals surface area contributed by atoms with Gasteiger partial charge in [-0.3, -0.25) is 13.9 Å². The van der Waals surface area contributed by atoms with Crippen molar-refractivity contribution in [1.82, 2.24) is 14.1 Å². The molecular weight excluding hydrogens is 405 g/mol. The van der Waals surface area contributed by atoms with Crippen LogP contribution in [0.25, 0.3) is 0 Å². The van der Waals surface area contributed by atoms with Crippen molar-refractivity contribution >= 4 is 0 Å². The van der Waals surface area contributed by atoms with Crippen molar-refractivity contribution in [1.29, 1.82) is 5.26 Å². The summed E-state index contributed by atoms with van der Waals surface area (Å²) in [6.45, 7) is 0. The van der Waals surface area contributed by atoms with E-state index in [1.54, 1.807) is 6.07 Å². The van der Waals surface area contributed by atoms with Gasteiger partial charge in [-0.1, -0.05) is 0 Å². The third-order valence-electron chi connectivity index (χ3n) is 4.05. The van der Waals surface area contributed by atoms with Crippen LogP contribution < -0.4 is 20.7 Å². The fourth-order valence-electron chi connectivity index (χ4n) is 2.46. The zero-order valence-electron chi connectivity index (χ0n) is 15.6. The zero-order valence-corrected chi connectivity index (χ0v) is 15.6. The van der Waals surface area contributed by atoms with E-state index in [2.05, 4.69) is 4.98 Å². The minimum atomic E-state index is -4.49. The maximum Gasteiger partial charge on any atom is 0.417 e. The van der Waals surface area contributed by atoms with E-state index in [0.717, 1.165) is 21.3 Å². The van der Waals surface area contributed by atoms with E-state index in [9.17, 15) is 28.0 Å². The molecule has 0 fully saturated rings. The third-order valence-corrected chi connectivity index (χ3v) is 4.05. The van der Waals surface area contributed by atoms with Gasteiger partial charge in [0.25, 0.3) is 5.56 Å². The molecule has 0 aliphatic carbocycles. The van der Waals surface area contributed by atoms with Crippen molar-refractivity contribution in [3.63, 3.8) is 0 Å². The van der Waals surface area contributed by atoms with E-state index in [4.69, 9.17) is 9.47 Å². The summed E-state index contributed by atoms with van der Waals surface area (Å²) in [7, 11) is 2.60. The van der Waals surface area contributed by atoms with Gasteiger partial charge in [0.2, 0.25) is 11.8 Å². The summed E-state index contributed by atoms with van der Waals surface area (Å²) in [5.74, 6) is 0.191. The highest BCUT2D eigenvalue weighted by Gasteiger charge is 2.30. The first-order chi connectivity index (χ1) is 14.1. The molecule has 8 nitrogen and oxygen atoms in total. The predicted octanol–water partition coefficient (Wildman–Crippen LogP) is 2.95. The largest absolute Gasteiger partial charge is 0.439 e. The zero-order chi connectivity index (χ0) is 22.1. The quantitative estimate of drug-likeness (QED) is 0.646. The number of hydrogen-bond donors (Lipinski definition) is 0. The van der Waals surface area contributed by atoms with Gasteiger partial charge in [0.05, 0.1) is 5.56 Å².